The van der Waals surface area contributed by atoms with Crippen molar-refractivity contribution in [2.45, 2.75) is 26.3 Å². The van der Waals surface area contributed by atoms with Crippen molar-refractivity contribution in [2.75, 3.05) is 57.9 Å². The van der Waals surface area contributed by atoms with Crippen molar-refractivity contribution in [1.82, 2.24) is 9.80 Å². The number of amides is 2. The molecule has 1 atom stereocenters. The van der Waals surface area contributed by atoms with Gasteiger partial charge in [-0.3, -0.25) is 9.59 Å². The molecule has 1 aromatic rings. The molecule has 7 nitrogen and oxygen atoms in total. The third-order valence-electron chi connectivity index (χ3n) is 5.39. The Labute approximate surface area is 160 Å². The Balaban J connectivity index is 1.74. The Kier molecular flexibility index (Phi) is 6.21. The molecule has 2 heterocycles. The lowest BCUT2D eigenvalue weighted by atomic mass is 10.1. The smallest absolute Gasteiger partial charge is 0.254 e. The first-order valence-electron chi connectivity index (χ1n) is 9.69. The van der Waals surface area contributed by atoms with E-state index in [-0.39, 0.29) is 17.9 Å². The molecule has 0 aromatic heterocycles. The Morgan fingerprint density at radius 1 is 1.19 bits per heavy atom. The van der Waals surface area contributed by atoms with Crippen LogP contribution in [0.25, 0.3) is 0 Å². The summed E-state index contributed by atoms with van der Waals surface area (Å²) >= 11 is 0. The highest BCUT2D eigenvalue weighted by molar-refractivity contribution is 5.96. The van der Waals surface area contributed by atoms with E-state index >= 15 is 0 Å². The van der Waals surface area contributed by atoms with Crippen molar-refractivity contribution in [2.24, 2.45) is 0 Å². The molecule has 1 fully saturated rings. The monoisotopic (exact) mass is 375 g/mol. The van der Waals surface area contributed by atoms with E-state index in [1.807, 2.05) is 48.9 Å². The highest BCUT2D eigenvalue weighted by atomic mass is 16.5. The number of carbonyl (C=O) groups is 2. The molecule has 2 aliphatic rings. The van der Waals surface area contributed by atoms with Gasteiger partial charge in [-0.25, -0.2) is 0 Å². The molecular formula is C20H29N3O4. The van der Waals surface area contributed by atoms with Crippen molar-refractivity contribution in [1.29, 1.82) is 0 Å². The summed E-state index contributed by atoms with van der Waals surface area (Å²) in [5.41, 5.74) is 1.50. The van der Waals surface area contributed by atoms with E-state index in [2.05, 4.69) is 4.90 Å². The summed E-state index contributed by atoms with van der Waals surface area (Å²) in [4.78, 5) is 31.0. The number of hydrogen-bond acceptors (Lipinski definition) is 5. The quantitative estimate of drug-likeness (QED) is 0.783. The molecule has 0 spiro atoms. The SMILES string of the molecule is CCN(CC)C(=O)C[C@@H]1COc2ccc(C(=O)N3CCOCC3)cc2N1C. The van der Waals surface area contributed by atoms with E-state index in [1.54, 1.807) is 0 Å². The Morgan fingerprint density at radius 2 is 1.89 bits per heavy atom. The second-order valence-electron chi connectivity index (χ2n) is 6.93. The first-order chi connectivity index (χ1) is 13.0. The van der Waals surface area contributed by atoms with E-state index in [1.165, 1.54) is 0 Å². The van der Waals surface area contributed by atoms with Crippen LogP contribution in [-0.4, -0.2) is 80.7 Å². The number of benzene rings is 1. The van der Waals surface area contributed by atoms with Gasteiger partial charge >= 0.3 is 0 Å². The zero-order valence-electron chi connectivity index (χ0n) is 16.4. The van der Waals surface area contributed by atoms with Crippen molar-refractivity contribution >= 4 is 17.5 Å². The lowest BCUT2D eigenvalue weighted by Gasteiger charge is -2.37. The van der Waals surface area contributed by atoms with Crippen LogP contribution >= 0.6 is 0 Å². The van der Waals surface area contributed by atoms with Gasteiger partial charge in [-0.05, 0) is 32.0 Å². The maximum absolute atomic E-state index is 12.8. The number of likely N-dealkylation sites (N-methyl/N-ethyl adjacent to an activating group) is 1. The highest BCUT2D eigenvalue weighted by Crippen LogP contribution is 2.35. The molecule has 27 heavy (non-hydrogen) atoms. The first-order valence-corrected chi connectivity index (χ1v) is 9.69. The van der Waals surface area contributed by atoms with Crippen LogP contribution in [0, 0.1) is 0 Å². The second kappa shape index (κ2) is 8.61. The first kappa shape index (κ1) is 19.5. The van der Waals surface area contributed by atoms with E-state index in [0.717, 1.165) is 11.4 Å². The van der Waals surface area contributed by atoms with Gasteiger partial charge in [0.05, 0.1) is 31.4 Å². The summed E-state index contributed by atoms with van der Waals surface area (Å²) < 4.78 is 11.2. The molecular weight excluding hydrogens is 346 g/mol. The number of morpholine rings is 1. The zero-order valence-corrected chi connectivity index (χ0v) is 16.4. The summed E-state index contributed by atoms with van der Waals surface area (Å²) in [6.45, 7) is 8.25. The summed E-state index contributed by atoms with van der Waals surface area (Å²) in [7, 11) is 1.96. The maximum Gasteiger partial charge on any atom is 0.254 e. The van der Waals surface area contributed by atoms with Crippen LogP contribution in [0.4, 0.5) is 5.69 Å². The number of anilines is 1. The largest absolute Gasteiger partial charge is 0.489 e. The lowest BCUT2D eigenvalue weighted by molar-refractivity contribution is -0.131. The van der Waals surface area contributed by atoms with Crippen LogP contribution in [0.3, 0.4) is 0 Å². The summed E-state index contributed by atoms with van der Waals surface area (Å²) in [6.07, 6.45) is 0.402. The van der Waals surface area contributed by atoms with Gasteiger partial charge in [0, 0.05) is 38.8 Å². The molecule has 148 valence electrons. The molecule has 1 aromatic carbocycles. The fraction of sp³-hybridized carbons (Fsp3) is 0.600. The average molecular weight is 375 g/mol. The molecule has 0 saturated carbocycles. The van der Waals surface area contributed by atoms with Crippen LogP contribution in [0.1, 0.15) is 30.6 Å². The number of carbonyl (C=O) groups excluding carboxylic acids is 2. The van der Waals surface area contributed by atoms with Gasteiger partial charge in [-0.2, -0.15) is 0 Å². The Morgan fingerprint density at radius 3 is 2.56 bits per heavy atom. The fourth-order valence-corrected chi connectivity index (χ4v) is 3.59. The van der Waals surface area contributed by atoms with Crippen molar-refractivity contribution in [3.63, 3.8) is 0 Å². The zero-order chi connectivity index (χ0) is 19.4. The van der Waals surface area contributed by atoms with Crippen LogP contribution in [-0.2, 0) is 9.53 Å². The molecule has 0 radical (unpaired) electrons. The molecule has 0 N–H and O–H groups in total. The normalized spacial score (nSPS) is 19.3. The Bertz CT molecular complexity index is 684. The van der Waals surface area contributed by atoms with Crippen molar-refractivity contribution < 1.29 is 19.1 Å². The van der Waals surface area contributed by atoms with Gasteiger partial charge in [0.15, 0.2) is 0 Å². The minimum Gasteiger partial charge on any atom is -0.489 e. The summed E-state index contributed by atoms with van der Waals surface area (Å²) in [5.74, 6) is 0.892. The molecule has 0 unspecified atom stereocenters. The van der Waals surface area contributed by atoms with Gasteiger partial charge in [-0.1, -0.05) is 0 Å². The van der Waals surface area contributed by atoms with E-state index in [0.29, 0.717) is 58.0 Å². The topological polar surface area (TPSA) is 62.3 Å². The van der Waals surface area contributed by atoms with Crippen molar-refractivity contribution in [3.8, 4) is 5.75 Å². The molecule has 2 amide bonds. The van der Waals surface area contributed by atoms with Crippen LogP contribution in [0.5, 0.6) is 5.75 Å². The predicted molar refractivity (Wildman–Crippen MR) is 103 cm³/mol. The fourth-order valence-electron chi connectivity index (χ4n) is 3.59. The molecule has 0 aliphatic carbocycles. The van der Waals surface area contributed by atoms with Gasteiger partial charge < -0.3 is 24.2 Å². The highest BCUT2D eigenvalue weighted by Gasteiger charge is 2.29. The lowest BCUT2D eigenvalue weighted by Crippen LogP contribution is -2.45. The second-order valence-corrected chi connectivity index (χ2v) is 6.93. The average Bonchev–Trinajstić information content (AvgIpc) is 2.71. The van der Waals surface area contributed by atoms with Crippen molar-refractivity contribution in [3.05, 3.63) is 23.8 Å². The number of hydrogen-bond donors (Lipinski definition) is 0. The van der Waals surface area contributed by atoms with Crippen LogP contribution < -0.4 is 9.64 Å². The van der Waals surface area contributed by atoms with E-state index in [9.17, 15) is 9.59 Å². The molecule has 3 rings (SSSR count). The van der Waals surface area contributed by atoms with Crippen LogP contribution in [0.15, 0.2) is 18.2 Å². The molecule has 0 bridgehead atoms. The van der Waals surface area contributed by atoms with Gasteiger partial charge in [-0.15, -0.1) is 0 Å². The maximum atomic E-state index is 12.8. The standard InChI is InChI=1S/C20H29N3O4/c1-4-22(5-2)19(24)13-16-14-27-18-7-6-15(12-17(18)21(16)3)20(25)23-8-10-26-11-9-23/h6-7,12,16H,4-5,8-11,13-14H2,1-3H3/t16-/m1/s1. The van der Waals surface area contributed by atoms with E-state index < -0.39 is 0 Å². The third-order valence-corrected chi connectivity index (χ3v) is 5.39. The molecule has 2 aliphatic heterocycles. The number of nitrogens with zero attached hydrogens (tertiary/aromatic N) is 3. The molecule has 7 heteroatoms. The minimum absolute atomic E-state index is 0.0100. The summed E-state index contributed by atoms with van der Waals surface area (Å²) in [6, 6.07) is 5.49. The van der Waals surface area contributed by atoms with E-state index in [4.69, 9.17) is 9.47 Å². The number of ether oxygens (including phenoxy) is 2. The van der Waals surface area contributed by atoms with Gasteiger partial charge in [0.1, 0.15) is 12.4 Å². The summed E-state index contributed by atoms with van der Waals surface area (Å²) in [5, 5.41) is 0. The number of rotatable bonds is 5. The predicted octanol–water partition coefficient (Wildman–Crippen LogP) is 1.61. The number of fused-ring (bicyclic) bond motifs is 1. The minimum atomic E-state index is -0.0423. The van der Waals surface area contributed by atoms with Gasteiger partial charge in [0.2, 0.25) is 5.91 Å². The van der Waals surface area contributed by atoms with Crippen LogP contribution in [0.2, 0.25) is 0 Å². The third kappa shape index (κ3) is 4.18. The van der Waals surface area contributed by atoms with Gasteiger partial charge in [0.25, 0.3) is 5.91 Å². The Hall–Kier alpha value is -2.28. The molecule has 1 saturated heterocycles.